The van der Waals surface area contributed by atoms with Crippen LogP contribution in [0.3, 0.4) is 0 Å². The maximum Gasteiger partial charge on any atom is 0.171 e. The van der Waals surface area contributed by atoms with Crippen LogP contribution in [-0.4, -0.2) is 9.97 Å². The number of nitrogen functional groups attached to an aromatic ring is 1. The fraction of sp³-hybridized carbons (Fsp3) is 0.385. The van der Waals surface area contributed by atoms with Crippen LogP contribution in [0.5, 0.6) is 0 Å². The zero-order valence-electron chi connectivity index (χ0n) is 11.2. The topological polar surface area (TPSA) is 63.8 Å². The number of halogens is 1. The minimum Gasteiger partial charge on any atom is -0.308 e. The van der Waals surface area contributed by atoms with E-state index in [1.807, 2.05) is 6.07 Å². The fourth-order valence-electron chi connectivity index (χ4n) is 1.77. The Hall–Kier alpha value is -0.980. The Morgan fingerprint density at radius 1 is 1.37 bits per heavy atom. The van der Waals surface area contributed by atoms with E-state index in [4.69, 9.17) is 5.84 Å². The van der Waals surface area contributed by atoms with E-state index in [-0.39, 0.29) is 0 Å². The molecule has 0 aliphatic carbocycles. The number of thiophene rings is 1. The molecule has 0 aliphatic rings. The monoisotopic (exact) mass is 340 g/mol. The molecule has 0 radical (unpaired) electrons. The quantitative estimate of drug-likeness (QED) is 0.656. The van der Waals surface area contributed by atoms with Crippen LogP contribution in [0.25, 0.3) is 10.7 Å². The number of nitrogens with one attached hydrogen (secondary N) is 1. The van der Waals surface area contributed by atoms with Crippen molar-refractivity contribution in [2.45, 2.75) is 27.2 Å². The smallest absolute Gasteiger partial charge is 0.171 e. The lowest BCUT2D eigenvalue weighted by molar-refractivity contribution is 0.635. The van der Waals surface area contributed by atoms with Crippen molar-refractivity contribution in [2.75, 3.05) is 5.43 Å². The zero-order chi connectivity index (χ0) is 14.0. The molecule has 0 fully saturated rings. The Balaban J connectivity index is 2.44. The standard InChI is InChI=1S/C13H17BrN4S/c1-7(2)4-9-5-12(18-15)17-13(16-9)11-6-10(14)8(3)19-11/h5-7H,4,15H2,1-3H3,(H,16,17,18). The fourth-order valence-corrected chi connectivity index (χ4v) is 3.24. The van der Waals surface area contributed by atoms with Crippen molar-refractivity contribution in [1.82, 2.24) is 9.97 Å². The largest absolute Gasteiger partial charge is 0.308 e. The summed E-state index contributed by atoms with van der Waals surface area (Å²) in [6.07, 6.45) is 0.912. The summed E-state index contributed by atoms with van der Waals surface area (Å²) in [4.78, 5) is 11.3. The summed E-state index contributed by atoms with van der Waals surface area (Å²) < 4.78 is 1.09. The molecule has 0 saturated heterocycles. The predicted octanol–water partition coefficient (Wildman–Crippen LogP) is 3.76. The van der Waals surface area contributed by atoms with E-state index < -0.39 is 0 Å². The number of hydrogen-bond acceptors (Lipinski definition) is 5. The third-order valence-electron chi connectivity index (χ3n) is 2.62. The summed E-state index contributed by atoms with van der Waals surface area (Å²) in [5, 5.41) is 0. The number of hydrazine groups is 1. The highest BCUT2D eigenvalue weighted by Gasteiger charge is 2.11. The average Bonchev–Trinajstić information content (AvgIpc) is 2.68. The van der Waals surface area contributed by atoms with E-state index in [1.165, 1.54) is 4.88 Å². The van der Waals surface area contributed by atoms with E-state index in [0.717, 1.165) is 27.3 Å². The van der Waals surface area contributed by atoms with Gasteiger partial charge in [-0.1, -0.05) is 13.8 Å². The van der Waals surface area contributed by atoms with Gasteiger partial charge < -0.3 is 5.43 Å². The third-order valence-corrected chi connectivity index (χ3v) is 4.75. The van der Waals surface area contributed by atoms with Gasteiger partial charge in [-0.25, -0.2) is 15.8 Å². The van der Waals surface area contributed by atoms with Crippen LogP contribution in [0, 0.1) is 12.8 Å². The molecule has 0 unspecified atom stereocenters. The lowest BCUT2D eigenvalue weighted by atomic mass is 10.1. The molecule has 0 spiro atoms. The maximum atomic E-state index is 5.49. The Labute approximate surface area is 125 Å². The number of anilines is 1. The highest BCUT2D eigenvalue weighted by Crippen LogP contribution is 2.32. The van der Waals surface area contributed by atoms with Crippen LogP contribution in [-0.2, 0) is 6.42 Å². The number of rotatable bonds is 4. The lowest BCUT2D eigenvalue weighted by Crippen LogP contribution is -2.11. The van der Waals surface area contributed by atoms with Gasteiger partial charge in [0.15, 0.2) is 5.82 Å². The lowest BCUT2D eigenvalue weighted by Gasteiger charge is -2.08. The van der Waals surface area contributed by atoms with Crippen LogP contribution in [0.2, 0.25) is 0 Å². The van der Waals surface area contributed by atoms with Crippen LogP contribution in [0.15, 0.2) is 16.6 Å². The first kappa shape index (κ1) is 14.4. The first-order chi connectivity index (χ1) is 8.99. The molecule has 0 aliphatic heterocycles. The van der Waals surface area contributed by atoms with E-state index in [1.54, 1.807) is 11.3 Å². The minimum absolute atomic E-state index is 0.546. The van der Waals surface area contributed by atoms with Crippen molar-refractivity contribution in [3.8, 4) is 10.7 Å². The van der Waals surface area contributed by atoms with Gasteiger partial charge in [0.05, 0.1) is 4.88 Å². The van der Waals surface area contributed by atoms with Crippen molar-refractivity contribution >= 4 is 33.1 Å². The van der Waals surface area contributed by atoms with E-state index >= 15 is 0 Å². The molecular formula is C13H17BrN4S. The van der Waals surface area contributed by atoms with E-state index in [9.17, 15) is 0 Å². The Kier molecular flexibility index (Phi) is 4.54. The average molecular weight is 341 g/mol. The maximum absolute atomic E-state index is 5.49. The van der Waals surface area contributed by atoms with Crippen molar-refractivity contribution in [3.05, 3.63) is 27.2 Å². The molecule has 3 N–H and O–H groups in total. The van der Waals surface area contributed by atoms with Gasteiger partial charge in [-0.15, -0.1) is 11.3 Å². The zero-order valence-corrected chi connectivity index (χ0v) is 13.6. The van der Waals surface area contributed by atoms with Crippen LogP contribution in [0.4, 0.5) is 5.82 Å². The van der Waals surface area contributed by atoms with Crippen LogP contribution < -0.4 is 11.3 Å². The van der Waals surface area contributed by atoms with Crippen molar-refractivity contribution in [1.29, 1.82) is 0 Å². The predicted molar refractivity (Wildman–Crippen MR) is 84.1 cm³/mol. The van der Waals surface area contributed by atoms with Crippen molar-refractivity contribution in [2.24, 2.45) is 11.8 Å². The van der Waals surface area contributed by atoms with Gasteiger partial charge in [-0.3, -0.25) is 0 Å². The highest BCUT2D eigenvalue weighted by molar-refractivity contribution is 9.10. The van der Waals surface area contributed by atoms with Gasteiger partial charge in [0.25, 0.3) is 0 Å². The Bertz CT molecular complexity index is 561. The highest BCUT2D eigenvalue weighted by atomic mass is 79.9. The molecule has 0 bridgehead atoms. The number of aryl methyl sites for hydroxylation is 1. The van der Waals surface area contributed by atoms with Crippen LogP contribution in [0.1, 0.15) is 24.4 Å². The number of aromatic nitrogens is 2. The summed E-state index contributed by atoms with van der Waals surface area (Å²) in [5.41, 5.74) is 3.62. The first-order valence-corrected chi connectivity index (χ1v) is 7.71. The third kappa shape index (κ3) is 3.52. The summed E-state index contributed by atoms with van der Waals surface area (Å²) in [6.45, 7) is 6.41. The molecule has 2 heterocycles. The molecule has 2 aromatic heterocycles. The number of hydrogen-bond donors (Lipinski definition) is 2. The molecule has 102 valence electrons. The summed E-state index contributed by atoms with van der Waals surface area (Å²) in [5.74, 6) is 7.41. The first-order valence-electron chi connectivity index (χ1n) is 6.10. The van der Waals surface area contributed by atoms with E-state index in [0.29, 0.717) is 11.7 Å². The summed E-state index contributed by atoms with van der Waals surface area (Å²) >= 11 is 5.20. The summed E-state index contributed by atoms with van der Waals surface area (Å²) in [6, 6.07) is 3.95. The van der Waals surface area contributed by atoms with Gasteiger partial charge in [0, 0.05) is 21.1 Å². The molecule has 0 saturated carbocycles. The number of nitrogens with zero attached hydrogens (tertiary/aromatic N) is 2. The Morgan fingerprint density at radius 3 is 2.63 bits per heavy atom. The molecule has 2 rings (SSSR count). The van der Waals surface area contributed by atoms with Gasteiger partial charge in [-0.05, 0) is 41.3 Å². The van der Waals surface area contributed by atoms with Crippen molar-refractivity contribution in [3.63, 3.8) is 0 Å². The second-order valence-electron chi connectivity index (χ2n) is 4.83. The van der Waals surface area contributed by atoms with Gasteiger partial charge >= 0.3 is 0 Å². The molecule has 4 nitrogen and oxygen atoms in total. The minimum atomic E-state index is 0.546. The van der Waals surface area contributed by atoms with Crippen LogP contribution >= 0.6 is 27.3 Å². The van der Waals surface area contributed by atoms with Gasteiger partial charge in [-0.2, -0.15) is 0 Å². The Morgan fingerprint density at radius 2 is 2.11 bits per heavy atom. The molecular weight excluding hydrogens is 324 g/mol. The van der Waals surface area contributed by atoms with E-state index in [2.05, 4.69) is 58.2 Å². The second kappa shape index (κ2) is 5.98. The summed E-state index contributed by atoms with van der Waals surface area (Å²) in [7, 11) is 0. The second-order valence-corrected chi connectivity index (χ2v) is 6.94. The van der Waals surface area contributed by atoms with Gasteiger partial charge in [0.2, 0.25) is 0 Å². The molecule has 0 amide bonds. The van der Waals surface area contributed by atoms with Gasteiger partial charge in [0.1, 0.15) is 5.82 Å². The molecule has 19 heavy (non-hydrogen) atoms. The normalized spacial score (nSPS) is 11.1. The number of nitrogens with two attached hydrogens (primary N) is 1. The molecule has 2 aromatic rings. The SMILES string of the molecule is Cc1sc(-c2nc(CC(C)C)cc(NN)n2)cc1Br. The van der Waals surface area contributed by atoms with Crippen molar-refractivity contribution < 1.29 is 0 Å². The molecule has 0 aromatic carbocycles. The molecule has 6 heteroatoms. The molecule has 0 atom stereocenters.